The topological polar surface area (TPSA) is 689 Å². The lowest BCUT2D eigenvalue weighted by Crippen LogP contribution is -2.64. The molecule has 0 aliphatic carbocycles. The van der Waals surface area contributed by atoms with Crippen molar-refractivity contribution in [3.8, 4) is 5.75 Å². The number of aliphatic hydroxyl groups excluding tert-OH is 1. The Kier molecular flexibility index (Phi) is 34.4. The largest absolute Gasteiger partial charge is 0.492 e. The number of hydrogen-bond acceptors (Lipinski definition) is 22. The predicted octanol–water partition coefficient (Wildman–Crippen LogP) is -6.59. The number of para-hydroxylation sites is 2. The molecule has 1 fully saturated rings. The van der Waals surface area contributed by atoms with Gasteiger partial charge in [-0.05, 0) is 93.2 Å². The Bertz CT molecular complexity index is 4420. The summed E-state index contributed by atoms with van der Waals surface area (Å²) in [7, 11) is 0. The molecule has 3 aromatic carbocycles. The number of nitrogens with two attached hydrogens (primary N) is 6. The minimum absolute atomic E-state index is 0.102. The van der Waals surface area contributed by atoms with Gasteiger partial charge in [-0.15, -0.1) is 0 Å². The minimum atomic E-state index is -2.15. The number of primary amides is 5. The quantitative estimate of drug-likeness (QED) is 0.0176. The molecule has 42 heteroatoms. The highest BCUT2D eigenvalue weighted by atomic mass is 32.2. The van der Waals surface area contributed by atoms with Crippen molar-refractivity contribution in [1.29, 1.82) is 0 Å². The summed E-state index contributed by atoms with van der Waals surface area (Å²) in [6, 6.07) is 0.410. The van der Waals surface area contributed by atoms with E-state index >= 15 is 19.2 Å². The third-order valence-electron chi connectivity index (χ3n) is 18.1. The van der Waals surface area contributed by atoms with Crippen LogP contribution in [0.5, 0.6) is 5.75 Å². The van der Waals surface area contributed by atoms with Gasteiger partial charge >= 0.3 is 5.97 Å². The number of hydrogen-bond donors (Lipinski definition) is 22. The summed E-state index contributed by atoms with van der Waals surface area (Å²) in [6.07, 6.45) is -5.43. The molecule has 12 atom stereocenters. The number of ether oxygens (including phenoxy) is 1. The average Bonchev–Trinajstić information content (AvgIpc) is 1.71. The molecule has 0 radical (unpaired) electrons. The molecule has 0 spiro atoms. The number of thioether (sulfide) groups is 1. The summed E-state index contributed by atoms with van der Waals surface area (Å²) in [6.45, 7) is 4.78. The lowest BCUT2D eigenvalue weighted by molar-refractivity contribution is -0.139. The Hall–Kier alpha value is -12.7. The molecule has 0 saturated carbocycles. The van der Waals surface area contributed by atoms with E-state index in [9.17, 15) is 77.3 Å². The van der Waals surface area contributed by atoms with E-state index < -0.39 is 248 Å². The fraction of sp³-hybridized carbons (Fsp3) is 0.452. The summed E-state index contributed by atoms with van der Waals surface area (Å²) in [5.41, 5.74) is 32.9. The highest BCUT2D eigenvalue weighted by Gasteiger charge is 2.41. The van der Waals surface area contributed by atoms with Gasteiger partial charge in [-0.2, -0.15) is 11.8 Å². The van der Waals surface area contributed by atoms with Crippen LogP contribution in [0, 0.1) is 0 Å². The van der Waals surface area contributed by atoms with Gasteiger partial charge in [0, 0.05) is 91.9 Å². The number of rotatable bonds is 37. The molecule has 1 saturated heterocycles. The first kappa shape index (κ1) is 91.1. The van der Waals surface area contributed by atoms with Crippen LogP contribution in [-0.2, 0) is 106 Å². The number of nitrogens with one attached hydrogen (secondary N) is 14. The number of aliphatic carboxylic acids is 1. The second kappa shape index (κ2) is 43.3. The van der Waals surface area contributed by atoms with E-state index in [1.165, 1.54) is 36.7 Å². The van der Waals surface area contributed by atoms with Gasteiger partial charge in [-0.3, -0.25) is 86.3 Å². The Morgan fingerprint density at radius 1 is 0.574 bits per heavy atom. The maximum atomic E-state index is 15.5. The fourth-order valence-electron chi connectivity index (χ4n) is 12.0. The third-order valence-corrected chi connectivity index (χ3v) is 19.2. The number of carboxylic acids is 1. The number of benzene rings is 3. The molecule has 1 aliphatic heterocycles. The molecule has 2 aromatic heterocycles. The predicted molar refractivity (Wildman–Crippen MR) is 412 cm³/mol. The van der Waals surface area contributed by atoms with Crippen molar-refractivity contribution in [2.24, 2.45) is 34.4 Å². The molecule has 622 valence electrons. The Labute approximate surface area is 661 Å². The van der Waals surface area contributed by atoms with Crippen LogP contribution in [0.15, 0.2) is 85.2 Å². The van der Waals surface area contributed by atoms with Gasteiger partial charge in [0.1, 0.15) is 84.4 Å². The summed E-state index contributed by atoms with van der Waals surface area (Å²) in [4.78, 5) is 253. The van der Waals surface area contributed by atoms with Gasteiger partial charge in [-0.25, -0.2) is 0 Å². The van der Waals surface area contributed by atoms with Gasteiger partial charge in [0.2, 0.25) is 100 Å². The van der Waals surface area contributed by atoms with Gasteiger partial charge < -0.3 is 123 Å². The molecule has 115 heavy (non-hydrogen) atoms. The number of fused-ring (bicyclic) bond motifs is 2. The van der Waals surface area contributed by atoms with Gasteiger partial charge in [0.15, 0.2) is 0 Å². The molecule has 6 rings (SSSR count). The van der Waals surface area contributed by atoms with Crippen LogP contribution in [0.3, 0.4) is 0 Å². The van der Waals surface area contributed by atoms with Crippen LogP contribution in [0.4, 0.5) is 0 Å². The first-order valence-electron chi connectivity index (χ1n) is 36.4. The molecule has 1 aliphatic rings. The van der Waals surface area contributed by atoms with Crippen LogP contribution < -0.4 is 103 Å². The summed E-state index contributed by atoms with van der Waals surface area (Å²) in [5.74, 6) is -20.5. The van der Waals surface area contributed by atoms with Crippen LogP contribution in [0.1, 0.15) is 102 Å². The Morgan fingerprint density at radius 3 is 1.65 bits per heavy atom. The lowest BCUT2D eigenvalue weighted by atomic mass is 9.98. The van der Waals surface area contributed by atoms with E-state index in [4.69, 9.17) is 39.1 Å². The Balaban J connectivity index is 1.42. The SMILES string of the molecule is CC(=O)N[C@H]1CCSC[C@@H](C(=O)N[C@@H](Cc2ccc(OCCN)cc2)C(=O)N[C@@H](Cc2c[nH]c3ccccc23)C(=O)NC(C)(C)C(=O)N[C@@H](CCC(=O)O)C(=O)N[C@@H](CC(N)=O)C(=O)N[C@@H](CC(N)=O)C(N)=O)NC(=O)[C@H](CCC(N)=O)NC(=O)[C@H](Cc2c[nH]c3ccccc23)NC(=O)[C@H]([C@@H](C)O)NC(=O)[C@H](CCC(N)=O)NC1=O. The molecule has 0 bridgehead atoms. The van der Waals surface area contributed by atoms with Crippen molar-refractivity contribution >= 4 is 140 Å². The highest BCUT2D eigenvalue weighted by Crippen LogP contribution is 2.23. The van der Waals surface area contributed by atoms with Gasteiger partial charge in [0.05, 0.1) is 18.9 Å². The van der Waals surface area contributed by atoms with Crippen LogP contribution in [0.25, 0.3) is 21.8 Å². The zero-order chi connectivity index (χ0) is 85.0. The summed E-state index contributed by atoms with van der Waals surface area (Å²) >= 11 is 0.901. The van der Waals surface area contributed by atoms with E-state index in [1.807, 2.05) is 0 Å². The zero-order valence-corrected chi connectivity index (χ0v) is 64.2. The standard InChI is InChI=1S/C73H98N20O21S/c1-35(94)60-71(112)89-51(28-38-32-80-43-11-7-5-9-41(38)43)67(108)84-45(17-20-55(75)96)62(103)90-54(34-115-26-23-48(82-36(2)95)64(105)83-46(65(106)92-60)18-21-56(76)97)69(110)86-50(27-37-13-15-40(16-14-37)114-25-24-74)66(107)87-52(29-39-33-81-44-12-8-6-10-42(39)44)70(111)93-73(3,4)72(113)91-47(19-22-59(100)101)63(104)88-53(31-58(78)99)68(109)85-49(61(79)102)30-57(77)98/h5-16,32-33,35,45-54,60,80-81,94H,17-31,34,74H2,1-4H3,(H2,75,96)(H2,76,97)(H2,77,98)(H2,78,99)(H2,79,102)(H,82,95)(H,83,105)(H,84,108)(H,85,109)(H,86,110)(H,87,107)(H,88,104)(H,89,112)(H,90,103)(H,91,113)(H,92,106)(H,93,111)(H,100,101)/t35-,45+,46+,47+,48+,49+,50+,51+,52+,53+,54+,60+/m1/s1. The van der Waals surface area contributed by atoms with E-state index in [-0.39, 0.29) is 38.2 Å². The first-order chi connectivity index (χ1) is 54.3. The maximum Gasteiger partial charge on any atom is 0.303 e. The van der Waals surface area contributed by atoms with Gasteiger partial charge in [0.25, 0.3) is 0 Å². The average molecular weight is 1620 g/mol. The number of amides is 17. The second-order valence-electron chi connectivity index (χ2n) is 27.8. The molecule has 3 heterocycles. The lowest BCUT2D eigenvalue weighted by Gasteiger charge is -2.31. The number of carbonyl (C=O) groups excluding carboxylic acids is 17. The smallest absolute Gasteiger partial charge is 0.303 e. The number of aromatic nitrogens is 2. The van der Waals surface area contributed by atoms with Gasteiger partial charge in [-0.1, -0.05) is 48.5 Å². The van der Waals surface area contributed by atoms with E-state index in [0.29, 0.717) is 44.2 Å². The van der Waals surface area contributed by atoms with E-state index in [2.05, 4.69) is 73.8 Å². The van der Waals surface area contributed by atoms with Crippen LogP contribution in [0.2, 0.25) is 0 Å². The highest BCUT2D eigenvalue weighted by molar-refractivity contribution is 7.99. The van der Waals surface area contributed by atoms with E-state index in [1.54, 1.807) is 48.5 Å². The van der Waals surface area contributed by atoms with Crippen molar-refractivity contribution in [2.45, 2.75) is 183 Å². The number of carbonyl (C=O) groups is 18. The number of aliphatic hydroxyl groups is 1. The molecule has 41 nitrogen and oxygen atoms in total. The number of carboxylic acid groups (broad SMARTS) is 1. The normalized spacial score (nSPS) is 18.9. The maximum absolute atomic E-state index is 15.5. The van der Waals surface area contributed by atoms with Crippen molar-refractivity contribution in [1.82, 2.24) is 73.8 Å². The van der Waals surface area contributed by atoms with Crippen LogP contribution >= 0.6 is 11.8 Å². The Morgan fingerprint density at radius 2 is 1.09 bits per heavy atom. The summed E-state index contributed by atoms with van der Waals surface area (Å²) < 4.78 is 5.68. The van der Waals surface area contributed by atoms with Crippen molar-refractivity contribution < 1.29 is 101 Å². The molecule has 5 aromatic rings. The van der Waals surface area contributed by atoms with Crippen LogP contribution in [-0.4, -0.2) is 229 Å². The molecule has 17 amide bonds. The second-order valence-corrected chi connectivity index (χ2v) is 28.9. The van der Waals surface area contributed by atoms with Crippen molar-refractivity contribution in [3.05, 3.63) is 102 Å². The molecular formula is C73H98N20O21S. The number of H-pyrrole nitrogens is 2. The molecule has 28 N–H and O–H groups in total. The monoisotopic (exact) mass is 1620 g/mol. The van der Waals surface area contributed by atoms with E-state index in [0.717, 1.165) is 39.5 Å². The third kappa shape index (κ3) is 28.8. The molecule has 0 unspecified atom stereocenters. The first-order valence-corrected chi connectivity index (χ1v) is 37.5. The number of aromatic amines is 2. The zero-order valence-electron chi connectivity index (χ0n) is 63.3. The summed E-state index contributed by atoms with van der Waals surface area (Å²) in [5, 5.41) is 51.5. The molecular weight excluding hydrogens is 1520 g/mol. The van der Waals surface area contributed by atoms with Crippen molar-refractivity contribution in [2.75, 3.05) is 24.7 Å². The minimum Gasteiger partial charge on any atom is -0.492 e. The van der Waals surface area contributed by atoms with Crippen molar-refractivity contribution in [3.63, 3.8) is 0 Å². The fourth-order valence-corrected chi connectivity index (χ4v) is 13.0.